The van der Waals surface area contributed by atoms with Gasteiger partial charge in [-0.3, -0.25) is 5.43 Å². The first-order valence-electron chi connectivity index (χ1n) is 7.40. The molecule has 0 aliphatic carbocycles. The van der Waals surface area contributed by atoms with Gasteiger partial charge in [0, 0.05) is 5.56 Å². The lowest BCUT2D eigenvalue weighted by molar-refractivity contribution is 0.294. The van der Waals surface area contributed by atoms with Gasteiger partial charge in [-0.2, -0.15) is 5.10 Å². The summed E-state index contributed by atoms with van der Waals surface area (Å²) < 4.78 is 11.1. The maximum atomic E-state index is 5.78. The zero-order valence-corrected chi connectivity index (χ0v) is 13.3. The molecule has 0 fully saturated rings. The smallest absolute Gasteiger partial charge is 0.169 e. The second-order valence-electron chi connectivity index (χ2n) is 4.96. The minimum absolute atomic E-state index is 0.645. The predicted molar refractivity (Wildman–Crippen MR) is 91.2 cm³/mol. The van der Waals surface area contributed by atoms with Crippen molar-refractivity contribution in [2.45, 2.75) is 20.3 Å². The number of hydrogen-bond acceptors (Lipinski definition) is 4. The number of rotatable bonds is 7. The van der Waals surface area contributed by atoms with E-state index in [1.807, 2.05) is 42.5 Å². The fourth-order valence-electron chi connectivity index (χ4n) is 1.96. The molecule has 0 bridgehead atoms. The van der Waals surface area contributed by atoms with Gasteiger partial charge in [-0.1, -0.05) is 30.7 Å². The van der Waals surface area contributed by atoms with Gasteiger partial charge in [-0.15, -0.1) is 0 Å². The van der Waals surface area contributed by atoms with Gasteiger partial charge in [-0.25, -0.2) is 0 Å². The highest BCUT2D eigenvalue weighted by Gasteiger charge is 2.08. The molecule has 2 rings (SSSR count). The van der Waals surface area contributed by atoms with Crippen LogP contribution in [0, 0.1) is 6.92 Å². The fraction of sp³-hybridized carbons (Fsp3) is 0.278. The van der Waals surface area contributed by atoms with E-state index in [9.17, 15) is 0 Å². The van der Waals surface area contributed by atoms with Crippen LogP contribution < -0.4 is 14.9 Å². The van der Waals surface area contributed by atoms with Crippen LogP contribution in [-0.2, 0) is 0 Å². The Labute approximate surface area is 131 Å². The van der Waals surface area contributed by atoms with Gasteiger partial charge >= 0.3 is 0 Å². The molecule has 0 radical (unpaired) electrons. The highest BCUT2D eigenvalue weighted by atomic mass is 16.5. The summed E-state index contributed by atoms with van der Waals surface area (Å²) in [5, 5.41) is 4.28. The summed E-state index contributed by atoms with van der Waals surface area (Å²) in [5.74, 6) is 1.44. The minimum Gasteiger partial charge on any atom is -0.493 e. The zero-order chi connectivity index (χ0) is 15.8. The molecule has 0 saturated carbocycles. The summed E-state index contributed by atoms with van der Waals surface area (Å²) in [6.45, 7) is 4.77. The lowest BCUT2D eigenvalue weighted by atomic mass is 10.2. The maximum absolute atomic E-state index is 5.78. The summed E-state index contributed by atoms with van der Waals surface area (Å²) in [7, 11) is 1.64. The van der Waals surface area contributed by atoms with Gasteiger partial charge in [0.1, 0.15) is 0 Å². The van der Waals surface area contributed by atoms with E-state index < -0.39 is 0 Å². The second kappa shape index (κ2) is 8.08. The molecule has 0 spiro atoms. The van der Waals surface area contributed by atoms with Crippen molar-refractivity contribution in [3.8, 4) is 11.5 Å². The molecule has 2 aromatic carbocycles. The molecule has 0 saturated heterocycles. The van der Waals surface area contributed by atoms with E-state index in [0.717, 1.165) is 23.4 Å². The Bertz CT molecular complexity index is 621. The van der Waals surface area contributed by atoms with Crippen molar-refractivity contribution in [3.05, 3.63) is 53.6 Å². The minimum atomic E-state index is 0.645. The topological polar surface area (TPSA) is 42.8 Å². The lowest BCUT2D eigenvalue weighted by Gasteiger charge is -2.12. The summed E-state index contributed by atoms with van der Waals surface area (Å²) in [5.41, 5.74) is 6.06. The van der Waals surface area contributed by atoms with Gasteiger partial charge in [0.25, 0.3) is 0 Å². The monoisotopic (exact) mass is 298 g/mol. The normalized spacial score (nSPS) is 10.7. The molecule has 0 heterocycles. The average Bonchev–Trinajstić information content (AvgIpc) is 2.55. The van der Waals surface area contributed by atoms with E-state index in [1.165, 1.54) is 5.56 Å². The van der Waals surface area contributed by atoms with Crippen LogP contribution in [0.4, 0.5) is 5.69 Å². The van der Waals surface area contributed by atoms with E-state index in [4.69, 9.17) is 9.47 Å². The summed E-state index contributed by atoms with van der Waals surface area (Å²) in [6.07, 6.45) is 2.68. The fourth-order valence-corrected chi connectivity index (χ4v) is 1.96. The first kappa shape index (κ1) is 15.9. The summed E-state index contributed by atoms with van der Waals surface area (Å²) in [6, 6.07) is 13.8. The van der Waals surface area contributed by atoms with Crippen LogP contribution in [-0.4, -0.2) is 19.9 Å². The van der Waals surface area contributed by atoms with E-state index >= 15 is 0 Å². The van der Waals surface area contributed by atoms with Crippen LogP contribution in [0.3, 0.4) is 0 Å². The number of nitrogens with one attached hydrogen (secondary N) is 1. The van der Waals surface area contributed by atoms with Gasteiger partial charge in [0.05, 0.1) is 25.6 Å². The molecule has 0 amide bonds. The SMILES string of the molecule is CCCOc1c(/C=N/Nc2ccc(C)cc2)cccc1OC. The van der Waals surface area contributed by atoms with Crippen LogP contribution >= 0.6 is 0 Å². The number of aryl methyl sites for hydroxylation is 1. The van der Waals surface area contributed by atoms with Crippen LogP contribution in [0.2, 0.25) is 0 Å². The number of para-hydroxylation sites is 1. The Balaban J connectivity index is 2.13. The third-order valence-corrected chi connectivity index (χ3v) is 3.13. The highest BCUT2D eigenvalue weighted by molar-refractivity contribution is 5.85. The zero-order valence-electron chi connectivity index (χ0n) is 13.3. The van der Waals surface area contributed by atoms with Gasteiger partial charge in [0.2, 0.25) is 0 Å². The molecule has 0 unspecified atom stereocenters. The molecule has 0 aromatic heterocycles. The van der Waals surface area contributed by atoms with E-state index in [1.54, 1.807) is 13.3 Å². The largest absolute Gasteiger partial charge is 0.493 e. The Morgan fingerprint density at radius 2 is 1.91 bits per heavy atom. The van der Waals surface area contributed by atoms with Crippen molar-refractivity contribution in [2.24, 2.45) is 5.10 Å². The molecule has 22 heavy (non-hydrogen) atoms. The Kier molecular flexibility index (Phi) is 5.83. The summed E-state index contributed by atoms with van der Waals surface area (Å²) in [4.78, 5) is 0. The predicted octanol–water partition coefficient (Wildman–Crippen LogP) is 4.24. The number of methoxy groups -OCH3 is 1. The van der Waals surface area contributed by atoms with Crippen LogP contribution in [0.25, 0.3) is 0 Å². The van der Waals surface area contributed by atoms with Crippen molar-refractivity contribution in [1.29, 1.82) is 0 Å². The van der Waals surface area contributed by atoms with Crippen LogP contribution in [0.1, 0.15) is 24.5 Å². The molecule has 4 nitrogen and oxygen atoms in total. The average molecular weight is 298 g/mol. The third kappa shape index (κ3) is 4.25. The number of nitrogens with zero attached hydrogens (tertiary/aromatic N) is 1. The standard InChI is InChI=1S/C18H22N2O2/c1-4-12-22-18-15(6-5-7-17(18)21-3)13-19-20-16-10-8-14(2)9-11-16/h5-11,13,20H,4,12H2,1-3H3/b19-13+. The summed E-state index contributed by atoms with van der Waals surface area (Å²) >= 11 is 0. The van der Waals surface area contributed by atoms with Crippen LogP contribution in [0.5, 0.6) is 11.5 Å². The molecule has 0 aliphatic rings. The van der Waals surface area contributed by atoms with Crippen molar-refractivity contribution >= 4 is 11.9 Å². The molecule has 1 N–H and O–H groups in total. The van der Waals surface area contributed by atoms with Crippen molar-refractivity contribution in [2.75, 3.05) is 19.1 Å². The third-order valence-electron chi connectivity index (χ3n) is 3.13. The highest BCUT2D eigenvalue weighted by Crippen LogP contribution is 2.30. The van der Waals surface area contributed by atoms with Gasteiger partial charge < -0.3 is 9.47 Å². The number of hydrazone groups is 1. The second-order valence-corrected chi connectivity index (χ2v) is 4.96. The molecule has 2 aromatic rings. The first-order chi connectivity index (χ1) is 10.7. The Morgan fingerprint density at radius 3 is 2.59 bits per heavy atom. The molecular formula is C18H22N2O2. The van der Waals surface area contributed by atoms with E-state index in [2.05, 4.69) is 24.4 Å². The number of ether oxygens (including phenoxy) is 2. The Hall–Kier alpha value is -2.49. The van der Waals surface area contributed by atoms with Gasteiger partial charge in [-0.05, 0) is 37.6 Å². The number of anilines is 1. The van der Waals surface area contributed by atoms with Gasteiger partial charge in [0.15, 0.2) is 11.5 Å². The van der Waals surface area contributed by atoms with Crippen LogP contribution in [0.15, 0.2) is 47.6 Å². The van der Waals surface area contributed by atoms with Crippen molar-refractivity contribution < 1.29 is 9.47 Å². The number of hydrogen-bond donors (Lipinski definition) is 1. The lowest BCUT2D eigenvalue weighted by Crippen LogP contribution is -2.01. The molecule has 4 heteroatoms. The van der Waals surface area contributed by atoms with E-state index in [-0.39, 0.29) is 0 Å². The molecule has 0 aliphatic heterocycles. The quantitative estimate of drug-likeness (QED) is 0.614. The first-order valence-corrected chi connectivity index (χ1v) is 7.40. The van der Waals surface area contributed by atoms with Crippen molar-refractivity contribution in [1.82, 2.24) is 0 Å². The molecule has 116 valence electrons. The van der Waals surface area contributed by atoms with E-state index in [0.29, 0.717) is 12.4 Å². The Morgan fingerprint density at radius 1 is 1.14 bits per heavy atom. The molecule has 0 atom stereocenters. The number of benzene rings is 2. The maximum Gasteiger partial charge on any atom is 0.169 e. The van der Waals surface area contributed by atoms with Crippen molar-refractivity contribution in [3.63, 3.8) is 0 Å². The molecular weight excluding hydrogens is 276 g/mol.